The molecule has 0 amide bonds. The van der Waals surface area contributed by atoms with Crippen LogP contribution in [0.4, 0.5) is 0 Å². The van der Waals surface area contributed by atoms with Crippen molar-refractivity contribution in [1.82, 2.24) is 0 Å². The van der Waals surface area contributed by atoms with E-state index in [2.05, 4.69) is 12.9 Å². The van der Waals surface area contributed by atoms with Crippen molar-refractivity contribution in [3.05, 3.63) is 0 Å². The summed E-state index contributed by atoms with van der Waals surface area (Å²) in [5.74, 6) is 0. The van der Waals surface area contributed by atoms with Crippen LogP contribution in [0.1, 0.15) is 0 Å². The normalized spacial score (nSPS) is 0.750. The second kappa shape index (κ2) is 181. The molecule has 0 rings (SSSR count). The molecule has 0 aliphatic heterocycles. The van der Waals surface area contributed by atoms with Gasteiger partial charge in [-0.2, -0.15) is 0 Å². The van der Waals surface area contributed by atoms with Gasteiger partial charge in [0.2, 0.25) is 0 Å². The van der Waals surface area contributed by atoms with Crippen molar-refractivity contribution in [2.45, 2.75) is 0 Å². The van der Waals surface area contributed by atoms with Crippen molar-refractivity contribution in [2.24, 2.45) is 0 Å². The monoisotopic (exact) mass is 278 g/mol. The molecule has 2 radical (unpaired) electrons. The summed E-state index contributed by atoms with van der Waals surface area (Å²) in [6.45, 7) is 0. The van der Waals surface area contributed by atoms with Crippen LogP contribution in [0, 0.1) is 0 Å². The van der Waals surface area contributed by atoms with Crippen LogP contribution < -0.4 is 0 Å². The molecule has 6 nitrogen and oxygen atoms in total. The minimum atomic E-state index is 0. The van der Waals surface area contributed by atoms with E-state index in [1.807, 2.05) is 0 Å². The zero-order valence-electron chi connectivity index (χ0n) is 4.10. The van der Waals surface area contributed by atoms with Crippen LogP contribution in [0.25, 0.3) is 0 Å². The Bertz CT molecular complexity index is 8.49. The smallest absolute Gasteiger partial charge is 0 e. The molecule has 11 N–H and O–H groups in total. The molecule has 0 saturated heterocycles. The summed E-state index contributed by atoms with van der Waals surface area (Å²) in [4.78, 5) is 0. The average molecular weight is 277 g/mol. The van der Waals surface area contributed by atoms with E-state index in [9.17, 15) is 0 Å². The zero-order valence-corrected chi connectivity index (χ0v) is 9.44. The molecular formula is H12BaO6S. The first-order valence-electron chi connectivity index (χ1n) is 0.200. The Hall–Kier alpha value is 1.68. The first kappa shape index (κ1) is 101. The fraction of sp³-hybridized carbons (Fsp3) is 0. The minimum Gasteiger partial charge on any atom is -0.412 e. The molecule has 0 bridgehead atoms. The van der Waals surface area contributed by atoms with E-state index < -0.39 is 0 Å². The summed E-state index contributed by atoms with van der Waals surface area (Å²) in [7, 11) is 0. The summed E-state index contributed by atoms with van der Waals surface area (Å²) < 4.78 is 6.69. The van der Waals surface area contributed by atoms with Crippen molar-refractivity contribution in [3.63, 3.8) is 0 Å². The molecule has 0 aliphatic rings. The molecule has 0 unspecified atom stereocenters. The third-order valence-electron chi connectivity index (χ3n) is 0. The van der Waals surface area contributed by atoms with Gasteiger partial charge in [0.25, 0.3) is 0 Å². The Morgan fingerprint density at radius 2 is 0.625 bits per heavy atom. The maximum absolute atomic E-state index is 6.69. The third kappa shape index (κ3) is 121. The molecule has 0 aliphatic carbocycles. The first-order valence-corrected chi connectivity index (χ1v) is 0.600. The summed E-state index contributed by atoms with van der Waals surface area (Å²) in [6, 6.07) is 0. The van der Waals surface area contributed by atoms with E-state index in [0.29, 0.717) is 0 Å². The summed E-state index contributed by atoms with van der Waals surface area (Å²) in [5, 5.41) is 0. The van der Waals surface area contributed by atoms with Gasteiger partial charge in [-0.3, -0.25) is 0 Å². The van der Waals surface area contributed by atoms with E-state index in [4.69, 9.17) is 4.55 Å². The van der Waals surface area contributed by atoms with Crippen molar-refractivity contribution >= 4 is 61.8 Å². The quantitative estimate of drug-likeness (QED) is 0.255. The van der Waals surface area contributed by atoms with Crippen LogP contribution in [0.5, 0.6) is 0 Å². The van der Waals surface area contributed by atoms with Gasteiger partial charge < -0.3 is 31.9 Å². The van der Waals surface area contributed by atoms with Crippen LogP contribution in [0.15, 0.2) is 0 Å². The second-order valence-corrected chi connectivity index (χ2v) is 0. The molecule has 0 fully saturated rings. The molecule has 0 heterocycles. The van der Waals surface area contributed by atoms with E-state index in [1.165, 1.54) is 0 Å². The average Bonchev–Trinajstić information content (AvgIpc) is 1.00. The number of rotatable bonds is 0. The fourth-order valence-electron chi connectivity index (χ4n) is 0. The maximum Gasteiger partial charge on any atom is 0 e. The Morgan fingerprint density at radius 3 is 0.625 bits per heavy atom. The van der Waals surface area contributed by atoms with Gasteiger partial charge >= 0.3 is 0 Å². The molecule has 0 aromatic carbocycles. The maximum atomic E-state index is 6.69. The Balaban J connectivity index is -0.000000000333. The molecule has 8 heteroatoms. The number of thiol groups is 1. The van der Waals surface area contributed by atoms with Crippen molar-refractivity contribution in [1.29, 1.82) is 0 Å². The van der Waals surface area contributed by atoms with Crippen LogP contribution in [0.3, 0.4) is 0 Å². The minimum absolute atomic E-state index is 0. The van der Waals surface area contributed by atoms with Gasteiger partial charge in [0.15, 0.2) is 0 Å². The van der Waals surface area contributed by atoms with Gasteiger partial charge in [-0.1, -0.05) is 0 Å². The largest absolute Gasteiger partial charge is 0.412 e. The van der Waals surface area contributed by atoms with E-state index in [1.54, 1.807) is 0 Å². The number of hydrogen-bond donors (Lipinski definition) is 2. The van der Waals surface area contributed by atoms with E-state index >= 15 is 0 Å². The molecule has 0 aromatic heterocycles. The summed E-state index contributed by atoms with van der Waals surface area (Å²) in [6.07, 6.45) is 0. The molecule has 56 valence electrons. The van der Waals surface area contributed by atoms with Gasteiger partial charge in [0, 0.05) is 48.9 Å². The summed E-state index contributed by atoms with van der Waals surface area (Å²) >= 11 is 2.53. The Kier molecular flexibility index (Phi) is 2300. The van der Waals surface area contributed by atoms with Gasteiger partial charge in [-0.25, -0.2) is 0 Å². The molecule has 0 atom stereocenters. The molecule has 0 saturated carbocycles. The third-order valence-corrected chi connectivity index (χ3v) is 0. The number of hydrogen-bond acceptors (Lipinski definition) is 2. The molecule has 0 spiro atoms. The standard InChI is InChI=1S/Ba.H2OS.5H2O/c;1-2;;;;;/h;1-2H;5*1H2. The predicted octanol–water partition coefficient (Wildman–Crippen LogP) is -4.12. The first-order chi connectivity index (χ1) is 1.00. The van der Waals surface area contributed by atoms with Gasteiger partial charge in [-0.15, -0.1) is 0 Å². The van der Waals surface area contributed by atoms with Gasteiger partial charge in [0.1, 0.15) is 0 Å². The van der Waals surface area contributed by atoms with Gasteiger partial charge in [0.05, 0.1) is 0 Å². The Morgan fingerprint density at radius 1 is 0.625 bits per heavy atom. The topological polar surface area (TPSA) is 178 Å². The fourth-order valence-corrected chi connectivity index (χ4v) is 0. The van der Waals surface area contributed by atoms with Crippen molar-refractivity contribution in [3.8, 4) is 0 Å². The Labute approximate surface area is 92.5 Å². The SMILES string of the molecule is O.O.O.O.O.OS.[Ba]. The predicted molar refractivity (Wildman–Crippen MR) is 35.4 cm³/mol. The molecular weight excluding hydrogens is 265 g/mol. The van der Waals surface area contributed by atoms with Crippen LogP contribution in [-0.2, 0) is 0 Å². The molecule has 0 aromatic rings. The van der Waals surface area contributed by atoms with Crippen LogP contribution >= 0.6 is 12.9 Å². The summed E-state index contributed by atoms with van der Waals surface area (Å²) in [5.41, 5.74) is 0. The molecule has 8 heavy (non-hydrogen) atoms. The zero-order chi connectivity index (χ0) is 2.00. The van der Waals surface area contributed by atoms with Gasteiger partial charge in [-0.05, 0) is 12.9 Å². The van der Waals surface area contributed by atoms with Crippen LogP contribution in [-0.4, -0.2) is 80.8 Å². The van der Waals surface area contributed by atoms with E-state index in [-0.39, 0.29) is 76.3 Å². The van der Waals surface area contributed by atoms with Crippen molar-refractivity contribution < 1.29 is 31.9 Å². The second-order valence-electron chi connectivity index (χ2n) is 0. The van der Waals surface area contributed by atoms with Crippen molar-refractivity contribution in [2.75, 3.05) is 0 Å². The van der Waals surface area contributed by atoms with E-state index in [0.717, 1.165) is 0 Å². The van der Waals surface area contributed by atoms with Crippen LogP contribution in [0.2, 0.25) is 0 Å².